The van der Waals surface area contributed by atoms with Gasteiger partial charge in [-0.1, -0.05) is 42.5 Å². The van der Waals surface area contributed by atoms with E-state index in [0.717, 1.165) is 25.2 Å². The number of nitrogens with one attached hydrogen (secondary N) is 1. The zero-order chi connectivity index (χ0) is 23.5. The number of hydrogen-bond acceptors (Lipinski definition) is 5. The lowest BCUT2D eigenvalue weighted by Crippen LogP contribution is -2.40. The highest BCUT2D eigenvalue weighted by molar-refractivity contribution is 7.89. The first-order valence-electron chi connectivity index (χ1n) is 11.4. The van der Waals surface area contributed by atoms with E-state index in [1.807, 2.05) is 30.3 Å². The van der Waals surface area contributed by atoms with Crippen molar-refractivity contribution in [2.75, 3.05) is 43.1 Å². The van der Waals surface area contributed by atoms with Gasteiger partial charge in [0.2, 0.25) is 10.0 Å². The maximum absolute atomic E-state index is 13.1. The zero-order valence-corrected chi connectivity index (χ0v) is 19.6. The maximum atomic E-state index is 13.1. The number of carbonyl (C=O) groups excluding carboxylic acids is 1. The third-order valence-corrected chi connectivity index (χ3v) is 8.22. The summed E-state index contributed by atoms with van der Waals surface area (Å²) in [5.74, 6) is -0.344. The molecule has 3 aromatic rings. The molecule has 2 aliphatic heterocycles. The molecule has 1 saturated heterocycles. The van der Waals surface area contributed by atoms with Gasteiger partial charge >= 0.3 is 0 Å². The molecule has 1 amide bonds. The Kier molecular flexibility index (Phi) is 6.36. The van der Waals surface area contributed by atoms with Crippen LogP contribution in [0, 0.1) is 0 Å². The minimum atomic E-state index is -3.68. The van der Waals surface area contributed by atoms with Gasteiger partial charge in [-0.05, 0) is 47.9 Å². The molecule has 3 aromatic carbocycles. The largest absolute Gasteiger partial charge is 0.379 e. The van der Waals surface area contributed by atoms with Crippen molar-refractivity contribution in [3.8, 4) is 0 Å². The van der Waals surface area contributed by atoms with Crippen LogP contribution in [0.5, 0.6) is 0 Å². The second-order valence-electron chi connectivity index (χ2n) is 8.46. The topological polar surface area (TPSA) is 79.0 Å². The lowest BCUT2D eigenvalue weighted by Gasteiger charge is -2.32. The van der Waals surface area contributed by atoms with Crippen molar-refractivity contribution in [1.29, 1.82) is 0 Å². The average Bonchev–Trinajstić information content (AvgIpc) is 2.89. The van der Waals surface area contributed by atoms with E-state index in [1.165, 1.54) is 27.6 Å². The van der Waals surface area contributed by atoms with Crippen LogP contribution in [0.3, 0.4) is 0 Å². The van der Waals surface area contributed by atoms with Crippen LogP contribution in [-0.2, 0) is 27.7 Å². The van der Waals surface area contributed by atoms with Crippen LogP contribution < -0.4 is 10.2 Å². The number of anilines is 2. The standard InChI is InChI=1S/C26H27N3O4S/c30-26(21-8-5-9-23(18-21)34(31,32)29-14-16-33-17-15-29)27-24-10-3-4-11-25(24)28-13-12-20-6-1-2-7-22(20)19-28/h1-11,18H,12-17,19H2,(H,27,30). The number of benzene rings is 3. The molecule has 1 fully saturated rings. The van der Waals surface area contributed by atoms with Gasteiger partial charge in [0.15, 0.2) is 0 Å². The number of ether oxygens (including phenoxy) is 1. The predicted molar refractivity (Wildman–Crippen MR) is 132 cm³/mol. The van der Waals surface area contributed by atoms with Crippen molar-refractivity contribution in [1.82, 2.24) is 4.31 Å². The van der Waals surface area contributed by atoms with Gasteiger partial charge < -0.3 is 15.0 Å². The Morgan fingerprint density at radius 1 is 0.853 bits per heavy atom. The fourth-order valence-electron chi connectivity index (χ4n) is 4.48. The number of morpholine rings is 1. The molecule has 0 aromatic heterocycles. The summed E-state index contributed by atoms with van der Waals surface area (Å²) in [6.45, 7) is 3.00. The molecule has 0 unspecified atom stereocenters. The van der Waals surface area contributed by atoms with Crippen LogP contribution in [0.4, 0.5) is 11.4 Å². The summed E-state index contributed by atoms with van der Waals surface area (Å²) in [6, 6.07) is 22.4. The quantitative estimate of drug-likeness (QED) is 0.608. The predicted octanol–water partition coefficient (Wildman–Crippen LogP) is 3.52. The third-order valence-electron chi connectivity index (χ3n) is 6.33. The Hall–Kier alpha value is -3.20. The van der Waals surface area contributed by atoms with Crippen LogP contribution in [0.2, 0.25) is 0 Å². The molecule has 0 spiro atoms. The van der Waals surface area contributed by atoms with Crippen LogP contribution in [0.25, 0.3) is 0 Å². The minimum absolute atomic E-state index is 0.114. The monoisotopic (exact) mass is 477 g/mol. The average molecular weight is 478 g/mol. The molecule has 0 aliphatic carbocycles. The maximum Gasteiger partial charge on any atom is 0.255 e. The summed E-state index contributed by atoms with van der Waals surface area (Å²) in [7, 11) is -3.68. The zero-order valence-electron chi connectivity index (χ0n) is 18.8. The second-order valence-corrected chi connectivity index (χ2v) is 10.4. The number of nitrogens with zero attached hydrogens (tertiary/aromatic N) is 2. The van der Waals surface area contributed by atoms with E-state index in [4.69, 9.17) is 4.74 Å². The summed E-state index contributed by atoms with van der Waals surface area (Å²) < 4.78 is 32.7. The smallest absolute Gasteiger partial charge is 0.255 e. The van der Waals surface area contributed by atoms with E-state index in [0.29, 0.717) is 37.6 Å². The molecule has 0 radical (unpaired) electrons. The van der Waals surface area contributed by atoms with Gasteiger partial charge in [-0.25, -0.2) is 8.42 Å². The molecule has 2 heterocycles. The van der Waals surface area contributed by atoms with E-state index >= 15 is 0 Å². The number of fused-ring (bicyclic) bond motifs is 1. The van der Waals surface area contributed by atoms with Crippen LogP contribution in [-0.4, -0.2) is 51.5 Å². The van der Waals surface area contributed by atoms with Gasteiger partial charge in [-0.2, -0.15) is 4.31 Å². The van der Waals surface area contributed by atoms with E-state index < -0.39 is 10.0 Å². The van der Waals surface area contributed by atoms with Gasteiger partial charge in [-0.3, -0.25) is 4.79 Å². The molecule has 0 bridgehead atoms. The number of carbonyl (C=O) groups is 1. The molecule has 5 rings (SSSR count). The van der Waals surface area contributed by atoms with Crippen LogP contribution in [0.15, 0.2) is 77.7 Å². The van der Waals surface area contributed by atoms with Gasteiger partial charge in [-0.15, -0.1) is 0 Å². The lowest BCUT2D eigenvalue weighted by atomic mass is 9.99. The third kappa shape index (κ3) is 4.57. The Morgan fingerprint density at radius 3 is 2.41 bits per heavy atom. The first kappa shape index (κ1) is 22.6. The van der Waals surface area contributed by atoms with Crippen molar-refractivity contribution in [3.05, 3.63) is 89.5 Å². The summed E-state index contributed by atoms with van der Waals surface area (Å²) in [5.41, 5.74) is 4.60. The van der Waals surface area contributed by atoms with Gasteiger partial charge in [0.1, 0.15) is 0 Å². The molecule has 0 saturated carbocycles. The van der Waals surface area contributed by atoms with E-state index in [1.54, 1.807) is 12.1 Å². The van der Waals surface area contributed by atoms with Crippen molar-refractivity contribution in [2.45, 2.75) is 17.9 Å². The highest BCUT2D eigenvalue weighted by Crippen LogP contribution is 2.31. The van der Waals surface area contributed by atoms with E-state index in [-0.39, 0.29) is 10.8 Å². The van der Waals surface area contributed by atoms with E-state index in [9.17, 15) is 13.2 Å². The van der Waals surface area contributed by atoms with Crippen molar-refractivity contribution < 1.29 is 17.9 Å². The summed E-state index contributed by atoms with van der Waals surface area (Å²) >= 11 is 0. The van der Waals surface area contributed by atoms with Gasteiger partial charge in [0.25, 0.3) is 5.91 Å². The first-order chi connectivity index (χ1) is 16.5. The summed E-state index contributed by atoms with van der Waals surface area (Å²) in [5, 5.41) is 3.00. The number of amides is 1. The highest BCUT2D eigenvalue weighted by Gasteiger charge is 2.27. The molecular weight excluding hydrogens is 450 g/mol. The molecular formula is C26H27N3O4S. The van der Waals surface area contributed by atoms with Gasteiger partial charge in [0, 0.05) is 31.7 Å². The molecule has 7 nitrogen and oxygen atoms in total. The lowest BCUT2D eigenvalue weighted by molar-refractivity contribution is 0.0730. The first-order valence-corrected chi connectivity index (χ1v) is 12.9. The van der Waals surface area contributed by atoms with Crippen molar-refractivity contribution in [3.63, 3.8) is 0 Å². The van der Waals surface area contributed by atoms with Gasteiger partial charge in [0.05, 0.1) is 29.5 Å². The van der Waals surface area contributed by atoms with Crippen molar-refractivity contribution in [2.24, 2.45) is 0 Å². The normalized spacial score (nSPS) is 16.6. The molecule has 2 aliphatic rings. The number of hydrogen-bond donors (Lipinski definition) is 1. The molecule has 176 valence electrons. The molecule has 8 heteroatoms. The minimum Gasteiger partial charge on any atom is -0.379 e. The Balaban J connectivity index is 1.36. The SMILES string of the molecule is O=C(Nc1ccccc1N1CCc2ccccc2C1)c1cccc(S(=O)(=O)N2CCOCC2)c1. The van der Waals surface area contributed by atoms with Crippen LogP contribution >= 0.6 is 0 Å². The fourth-order valence-corrected chi connectivity index (χ4v) is 5.94. The highest BCUT2D eigenvalue weighted by atomic mass is 32.2. The summed E-state index contributed by atoms with van der Waals surface area (Å²) in [6.07, 6.45) is 0.944. The van der Waals surface area contributed by atoms with Crippen molar-refractivity contribution >= 4 is 27.3 Å². The Morgan fingerprint density at radius 2 is 1.59 bits per heavy atom. The molecule has 1 N–H and O–H groups in total. The summed E-state index contributed by atoms with van der Waals surface area (Å²) in [4.78, 5) is 15.5. The second kappa shape index (κ2) is 9.58. The molecule has 34 heavy (non-hydrogen) atoms. The Labute approximate surface area is 200 Å². The molecule has 0 atom stereocenters. The number of sulfonamides is 1. The van der Waals surface area contributed by atoms with E-state index in [2.05, 4.69) is 28.4 Å². The number of para-hydroxylation sites is 2. The Bertz CT molecular complexity index is 1300. The fraction of sp³-hybridized carbons (Fsp3) is 0.269. The number of rotatable bonds is 5. The van der Waals surface area contributed by atoms with Crippen LogP contribution in [0.1, 0.15) is 21.5 Å².